The highest BCUT2D eigenvalue weighted by atomic mass is 16.5. The van der Waals surface area contributed by atoms with E-state index in [1.54, 1.807) is 0 Å². The molecule has 0 aromatic heterocycles. The van der Waals surface area contributed by atoms with Gasteiger partial charge in [0, 0.05) is 37.1 Å². The fourth-order valence-electron chi connectivity index (χ4n) is 3.39. The Balaban J connectivity index is 1.61. The molecule has 0 aromatic rings. The van der Waals surface area contributed by atoms with E-state index in [4.69, 9.17) is 9.47 Å². The molecule has 17 heavy (non-hydrogen) atoms. The van der Waals surface area contributed by atoms with Crippen LogP contribution >= 0.6 is 0 Å². The lowest BCUT2D eigenvalue weighted by molar-refractivity contribution is -0.132. The van der Waals surface area contributed by atoms with Crippen LogP contribution in [0.3, 0.4) is 0 Å². The van der Waals surface area contributed by atoms with Gasteiger partial charge < -0.3 is 14.8 Å². The van der Waals surface area contributed by atoms with Crippen molar-refractivity contribution >= 4 is 5.78 Å². The number of ether oxygens (including phenoxy) is 2. The fourth-order valence-corrected chi connectivity index (χ4v) is 3.39. The van der Waals surface area contributed by atoms with Gasteiger partial charge in [0.05, 0.1) is 13.2 Å². The van der Waals surface area contributed by atoms with Crippen LogP contribution in [0.4, 0.5) is 0 Å². The second-order valence-electron chi connectivity index (χ2n) is 5.56. The van der Waals surface area contributed by atoms with Crippen molar-refractivity contribution in [3.63, 3.8) is 0 Å². The van der Waals surface area contributed by atoms with E-state index in [1.807, 2.05) is 0 Å². The van der Waals surface area contributed by atoms with E-state index in [9.17, 15) is 4.79 Å². The fraction of sp³-hybridized carbons (Fsp3) is 0.923. The summed E-state index contributed by atoms with van der Waals surface area (Å²) in [4.78, 5) is 12.5. The first-order valence-corrected chi connectivity index (χ1v) is 6.78. The van der Waals surface area contributed by atoms with E-state index in [-0.39, 0.29) is 11.8 Å². The van der Waals surface area contributed by atoms with Gasteiger partial charge in [-0.15, -0.1) is 0 Å². The summed E-state index contributed by atoms with van der Waals surface area (Å²) in [5.74, 6) is 1.01. The number of carbonyl (C=O) groups is 1. The maximum atomic E-state index is 12.5. The summed E-state index contributed by atoms with van der Waals surface area (Å²) in [6.07, 6.45) is 3.78. The molecule has 96 valence electrons. The molecule has 3 fully saturated rings. The molecule has 3 heterocycles. The Morgan fingerprint density at radius 2 is 1.59 bits per heavy atom. The Bertz CT molecular complexity index is 276. The van der Waals surface area contributed by atoms with Crippen LogP contribution in [0.15, 0.2) is 0 Å². The van der Waals surface area contributed by atoms with Crippen molar-refractivity contribution in [2.75, 3.05) is 26.4 Å². The molecule has 0 aromatic carbocycles. The first-order valence-electron chi connectivity index (χ1n) is 6.78. The molecule has 3 saturated heterocycles. The monoisotopic (exact) mass is 239 g/mol. The van der Waals surface area contributed by atoms with Gasteiger partial charge in [0.1, 0.15) is 5.78 Å². The van der Waals surface area contributed by atoms with Gasteiger partial charge in [0.25, 0.3) is 0 Å². The summed E-state index contributed by atoms with van der Waals surface area (Å²) >= 11 is 0. The Hall–Kier alpha value is -0.450. The Morgan fingerprint density at radius 3 is 2.24 bits per heavy atom. The van der Waals surface area contributed by atoms with Crippen LogP contribution in [0.5, 0.6) is 0 Å². The lowest BCUT2D eigenvalue weighted by Crippen LogP contribution is -2.55. The van der Waals surface area contributed by atoms with Gasteiger partial charge >= 0.3 is 0 Å². The average molecular weight is 239 g/mol. The van der Waals surface area contributed by atoms with Crippen LogP contribution in [0.1, 0.15) is 25.7 Å². The van der Waals surface area contributed by atoms with Crippen molar-refractivity contribution < 1.29 is 14.3 Å². The van der Waals surface area contributed by atoms with Crippen LogP contribution in [-0.4, -0.2) is 44.3 Å². The van der Waals surface area contributed by atoms with Crippen molar-refractivity contribution in [3.05, 3.63) is 0 Å². The van der Waals surface area contributed by atoms with Crippen LogP contribution in [0, 0.1) is 11.8 Å². The summed E-state index contributed by atoms with van der Waals surface area (Å²) < 4.78 is 10.8. The van der Waals surface area contributed by atoms with E-state index in [2.05, 4.69) is 5.32 Å². The Kier molecular flexibility index (Phi) is 3.45. The topological polar surface area (TPSA) is 47.6 Å². The van der Waals surface area contributed by atoms with Gasteiger partial charge in [-0.1, -0.05) is 0 Å². The highest BCUT2D eigenvalue weighted by Gasteiger charge is 2.37. The molecule has 0 spiro atoms. The van der Waals surface area contributed by atoms with E-state index in [0.29, 0.717) is 17.9 Å². The maximum absolute atomic E-state index is 12.5. The third-order valence-electron chi connectivity index (χ3n) is 4.27. The van der Waals surface area contributed by atoms with E-state index in [0.717, 1.165) is 52.1 Å². The third kappa shape index (κ3) is 2.54. The molecule has 2 bridgehead atoms. The zero-order valence-electron chi connectivity index (χ0n) is 10.2. The molecule has 0 amide bonds. The van der Waals surface area contributed by atoms with Gasteiger partial charge in [-0.2, -0.15) is 0 Å². The minimum Gasteiger partial charge on any atom is -0.381 e. The largest absolute Gasteiger partial charge is 0.381 e. The van der Waals surface area contributed by atoms with Crippen molar-refractivity contribution in [2.45, 2.75) is 37.8 Å². The number of ketones is 1. The number of hydrogen-bond acceptors (Lipinski definition) is 4. The second kappa shape index (κ2) is 5.04. The first kappa shape index (κ1) is 11.6. The molecular formula is C13H21NO3. The number of morpholine rings is 1. The van der Waals surface area contributed by atoms with Gasteiger partial charge in [-0.3, -0.25) is 4.79 Å². The van der Waals surface area contributed by atoms with E-state index in [1.165, 1.54) is 0 Å². The quantitative estimate of drug-likeness (QED) is 0.772. The maximum Gasteiger partial charge on any atom is 0.139 e. The highest BCUT2D eigenvalue weighted by Crippen LogP contribution is 2.29. The van der Waals surface area contributed by atoms with Crippen molar-refractivity contribution in [1.82, 2.24) is 5.32 Å². The predicted molar refractivity (Wildman–Crippen MR) is 62.8 cm³/mol. The molecule has 0 aliphatic carbocycles. The minimum atomic E-state index is 0.258. The van der Waals surface area contributed by atoms with Crippen molar-refractivity contribution in [3.8, 4) is 0 Å². The van der Waals surface area contributed by atoms with Crippen molar-refractivity contribution in [1.29, 1.82) is 0 Å². The minimum absolute atomic E-state index is 0.258. The summed E-state index contributed by atoms with van der Waals surface area (Å²) in [7, 11) is 0. The SMILES string of the molecule is O=C(C1CCOCC1)C1CC2COCC(C1)N2. The summed E-state index contributed by atoms with van der Waals surface area (Å²) in [5.41, 5.74) is 0. The molecule has 2 unspecified atom stereocenters. The molecule has 0 saturated carbocycles. The van der Waals surface area contributed by atoms with Crippen LogP contribution in [0.2, 0.25) is 0 Å². The van der Waals surface area contributed by atoms with Crippen molar-refractivity contribution in [2.24, 2.45) is 11.8 Å². The molecule has 2 atom stereocenters. The zero-order valence-corrected chi connectivity index (χ0v) is 10.2. The van der Waals surface area contributed by atoms with Crippen LogP contribution in [-0.2, 0) is 14.3 Å². The smallest absolute Gasteiger partial charge is 0.139 e. The zero-order chi connectivity index (χ0) is 11.7. The third-order valence-corrected chi connectivity index (χ3v) is 4.27. The van der Waals surface area contributed by atoms with Gasteiger partial charge in [-0.05, 0) is 25.7 Å². The summed E-state index contributed by atoms with van der Waals surface area (Å²) in [5, 5.41) is 3.54. The van der Waals surface area contributed by atoms with Gasteiger partial charge in [0.15, 0.2) is 0 Å². The number of nitrogens with one attached hydrogen (secondary N) is 1. The Morgan fingerprint density at radius 1 is 0.941 bits per heavy atom. The van der Waals surface area contributed by atoms with Crippen LogP contribution < -0.4 is 5.32 Å². The van der Waals surface area contributed by atoms with E-state index < -0.39 is 0 Å². The molecule has 3 aliphatic rings. The average Bonchev–Trinajstić information content (AvgIpc) is 2.38. The molecule has 1 N–H and O–H groups in total. The molecule has 3 aliphatic heterocycles. The van der Waals surface area contributed by atoms with Gasteiger partial charge in [0.2, 0.25) is 0 Å². The number of Topliss-reactive ketones (excluding diaryl/α,β-unsaturated/α-hetero) is 1. The summed E-state index contributed by atoms with van der Waals surface area (Å²) in [6.45, 7) is 3.07. The predicted octanol–water partition coefficient (Wildman–Crippen LogP) is 0.749. The first-order chi connectivity index (χ1) is 8.33. The number of piperidine rings is 1. The standard InChI is InChI=1S/C13H21NO3/c15-13(9-1-3-16-4-2-9)10-5-11-7-17-8-12(6-10)14-11/h9-12,14H,1-8H2. The number of rotatable bonds is 2. The normalized spacial score (nSPS) is 38.9. The number of carbonyl (C=O) groups excluding carboxylic acids is 1. The molecule has 3 rings (SSSR count). The molecule has 4 heteroatoms. The highest BCUT2D eigenvalue weighted by molar-refractivity contribution is 5.83. The second-order valence-corrected chi connectivity index (χ2v) is 5.56. The van der Waals surface area contributed by atoms with Gasteiger partial charge in [-0.25, -0.2) is 0 Å². The Labute approximate surface area is 102 Å². The number of hydrogen-bond donors (Lipinski definition) is 1. The van der Waals surface area contributed by atoms with E-state index >= 15 is 0 Å². The lowest BCUT2D eigenvalue weighted by atomic mass is 9.78. The molecular weight excluding hydrogens is 218 g/mol. The number of fused-ring (bicyclic) bond motifs is 2. The van der Waals surface area contributed by atoms with Crippen LogP contribution in [0.25, 0.3) is 0 Å². The lowest BCUT2D eigenvalue weighted by Gasteiger charge is -2.40. The molecule has 4 nitrogen and oxygen atoms in total. The molecule has 0 radical (unpaired) electrons. The summed E-state index contributed by atoms with van der Waals surface area (Å²) in [6, 6.07) is 0.799.